The van der Waals surface area contributed by atoms with Crippen molar-refractivity contribution in [1.82, 2.24) is 24.0 Å². The number of fused-ring (bicyclic) bond motifs is 1. The van der Waals surface area contributed by atoms with Crippen LogP contribution in [0.2, 0.25) is 0 Å². The SMILES string of the molecule is CCS(=O)(=O)N1CCc2nnc(C3CCCCN3C(=O)COC)n2CC1. The summed E-state index contributed by atoms with van der Waals surface area (Å²) in [6.45, 7) is 3.75. The average Bonchev–Trinajstić information content (AvgIpc) is 2.92. The van der Waals surface area contributed by atoms with Gasteiger partial charge in [0.1, 0.15) is 12.4 Å². The van der Waals surface area contributed by atoms with E-state index in [2.05, 4.69) is 10.2 Å². The molecule has 0 aromatic carbocycles. The Morgan fingerprint density at radius 3 is 2.73 bits per heavy atom. The van der Waals surface area contributed by atoms with Gasteiger partial charge in [-0.3, -0.25) is 4.79 Å². The van der Waals surface area contributed by atoms with Crippen molar-refractivity contribution >= 4 is 15.9 Å². The molecule has 1 aromatic rings. The fourth-order valence-corrected chi connectivity index (χ4v) is 4.83. The quantitative estimate of drug-likeness (QED) is 0.717. The van der Waals surface area contributed by atoms with Crippen LogP contribution in [0.1, 0.15) is 43.9 Å². The second-order valence-electron chi connectivity index (χ2n) is 6.71. The predicted octanol–water partition coefficient (Wildman–Crippen LogP) is 0.186. The summed E-state index contributed by atoms with van der Waals surface area (Å²) < 4.78 is 32.9. The number of likely N-dealkylation sites (tertiary alicyclic amines) is 1. The minimum atomic E-state index is -3.22. The van der Waals surface area contributed by atoms with E-state index in [0.717, 1.165) is 30.9 Å². The molecular formula is C16H27N5O4S. The number of aromatic nitrogens is 3. The highest BCUT2D eigenvalue weighted by Crippen LogP contribution is 2.31. The second-order valence-corrected chi connectivity index (χ2v) is 8.96. The molecule has 0 bridgehead atoms. The summed E-state index contributed by atoms with van der Waals surface area (Å²) in [7, 11) is -1.70. The molecule has 2 aliphatic heterocycles. The molecular weight excluding hydrogens is 358 g/mol. The highest BCUT2D eigenvalue weighted by Gasteiger charge is 2.33. The maximum absolute atomic E-state index is 12.4. The van der Waals surface area contributed by atoms with Crippen LogP contribution >= 0.6 is 0 Å². The molecule has 3 heterocycles. The molecule has 0 radical (unpaired) electrons. The van der Waals surface area contributed by atoms with Crippen molar-refractivity contribution in [2.45, 2.75) is 45.2 Å². The maximum Gasteiger partial charge on any atom is 0.249 e. The standard InChI is InChI=1S/C16H27N5O4S/c1-3-26(23,24)19-9-7-14-17-18-16(21(14)11-10-19)13-6-4-5-8-20(13)15(22)12-25-2/h13H,3-12H2,1-2H3. The Balaban J connectivity index is 1.83. The molecule has 0 spiro atoms. The zero-order valence-electron chi connectivity index (χ0n) is 15.4. The van der Waals surface area contributed by atoms with Gasteiger partial charge in [-0.2, -0.15) is 4.31 Å². The lowest BCUT2D eigenvalue weighted by atomic mass is 10.0. The van der Waals surface area contributed by atoms with E-state index in [1.807, 2.05) is 9.47 Å². The first-order chi connectivity index (χ1) is 12.5. The van der Waals surface area contributed by atoms with Gasteiger partial charge in [0, 0.05) is 39.7 Å². The van der Waals surface area contributed by atoms with E-state index in [1.165, 1.54) is 11.4 Å². The zero-order chi connectivity index (χ0) is 18.7. The van der Waals surface area contributed by atoms with Crippen LogP contribution in [0.15, 0.2) is 0 Å². The summed E-state index contributed by atoms with van der Waals surface area (Å²) in [6.07, 6.45) is 3.37. The minimum absolute atomic E-state index is 0.0432. The first-order valence-electron chi connectivity index (χ1n) is 9.16. The van der Waals surface area contributed by atoms with Crippen molar-refractivity contribution < 1.29 is 17.9 Å². The lowest BCUT2D eigenvalue weighted by molar-refractivity contribution is -0.139. The Morgan fingerprint density at radius 2 is 2.00 bits per heavy atom. The highest BCUT2D eigenvalue weighted by atomic mass is 32.2. The van der Waals surface area contributed by atoms with Crippen LogP contribution in [0.25, 0.3) is 0 Å². The number of hydrogen-bond acceptors (Lipinski definition) is 6. The average molecular weight is 385 g/mol. The summed E-state index contributed by atoms with van der Waals surface area (Å²) in [6, 6.07) is -0.123. The third-order valence-electron chi connectivity index (χ3n) is 5.16. The van der Waals surface area contributed by atoms with E-state index in [1.54, 1.807) is 6.92 Å². The fraction of sp³-hybridized carbons (Fsp3) is 0.812. The molecule has 146 valence electrons. The number of sulfonamides is 1. The van der Waals surface area contributed by atoms with E-state index in [0.29, 0.717) is 32.6 Å². The summed E-state index contributed by atoms with van der Waals surface area (Å²) in [5, 5.41) is 8.67. The van der Waals surface area contributed by atoms with Crippen molar-refractivity contribution in [3.8, 4) is 0 Å². The normalized spacial score (nSPS) is 22.1. The van der Waals surface area contributed by atoms with Gasteiger partial charge >= 0.3 is 0 Å². The van der Waals surface area contributed by atoms with Gasteiger partial charge in [0.25, 0.3) is 0 Å². The van der Waals surface area contributed by atoms with E-state index < -0.39 is 10.0 Å². The van der Waals surface area contributed by atoms with E-state index in [-0.39, 0.29) is 24.3 Å². The van der Waals surface area contributed by atoms with Gasteiger partial charge < -0.3 is 14.2 Å². The topological polar surface area (TPSA) is 97.6 Å². The van der Waals surface area contributed by atoms with E-state index in [9.17, 15) is 13.2 Å². The molecule has 1 saturated heterocycles. The third-order valence-corrected chi connectivity index (χ3v) is 7.04. The number of hydrogen-bond donors (Lipinski definition) is 0. The predicted molar refractivity (Wildman–Crippen MR) is 94.9 cm³/mol. The molecule has 9 nitrogen and oxygen atoms in total. The smallest absolute Gasteiger partial charge is 0.249 e. The Hall–Kier alpha value is -1.52. The number of nitrogens with zero attached hydrogens (tertiary/aromatic N) is 5. The van der Waals surface area contributed by atoms with Crippen molar-refractivity contribution in [3.63, 3.8) is 0 Å². The van der Waals surface area contributed by atoms with Crippen LogP contribution in [0.3, 0.4) is 0 Å². The molecule has 3 rings (SSSR count). The van der Waals surface area contributed by atoms with Crippen LogP contribution < -0.4 is 0 Å². The lowest BCUT2D eigenvalue weighted by Gasteiger charge is -2.35. The van der Waals surface area contributed by atoms with Crippen LogP contribution in [-0.4, -0.2) is 77.4 Å². The highest BCUT2D eigenvalue weighted by molar-refractivity contribution is 7.89. The molecule has 1 unspecified atom stereocenters. The molecule has 0 N–H and O–H groups in total. The number of ether oxygens (including phenoxy) is 1. The zero-order valence-corrected chi connectivity index (χ0v) is 16.2. The molecule has 1 fully saturated rings. The first kappa shape index (κ1) is 19.2. The molecule has 1 aromatic heterocycles. The van der Waals surface area contributed by atoms with Crippen LogP contribution in [0.5, 0.6) is 0 Å². The number of carbonyl (C=O) groups excluding carboxylic acids is 1. The van der Waals surface area contributed by atoms with Gasteiger partial charge in [0.15, 0.2) is 5.82 Å². The molecule has 10 heteroatoms. The molecule has 2 aliphatic rings. The molecule has 26 heavy (non-hydrogen) atoms. The van der Waals surface area contributed by atoms with E-state index in [4.69, 9.17) is 4.74 Å². The van der Waals surface area contributed by atoms with Crippen molar-refractivity contribution in [3.05, 3.63) is 11.6 Å². The number of rotatable bonds is 5. The van der Waals surface area contributed by atoms with Crippen LogP contribution in [0, 0.1) is 0 Å². The Bertz CT molecular complexity index is 748. The second kappa shape index (κ2) is 8.01. The lowest BCUT2D eigenvalue weighted by Crippen LogP contribution is -2.41. The summed E-state index contributed by atoms with van der Waals surface area (Å²) in [4.78, 5) is 14.2. The number of carbonyl (C=O) groups is 1. The molecule has 1 atom stereocenters. The van der Waals surface area contributed by atoms with Crippen molar-refractivity contribution in [2.75, 3.05) is 39.1 Å². The largest absolute Gasteiger partial charge is 0.375 e. The summed E-state index contributed by atoms with van der Waals surface area (Å²) >= 11 is 0. The number of piperidine rings is 1. The number of amides is 1. The van der Waals surface area contributed by atoms with Crippen molar-refractivity contribution in [1.29, 1.82) is 0 Å². The Labute approximate surface area is 154 Å². The van der Waals surface area contributed by atoms with Gasteiger partial charge in [-0.15, -0.1) is 10.2 Å². The van der Waals surface area contributed by atoms with Gasteiger partial charge in [-0.25, -0.2) is 8.42 Å². The third kappa shape index (κ3) is 3.77. The monoisotopic (exact) mass is 385 g/mol. The van der Waals surface area contributed by atoms with E-state index >= 15 is 0 Å². The van der Waals surface area contributed by atoms with Crippen molar-refractivity contribution in [2.24, 2.45) is 0 Å². The Kier molecular flexibility index (Phi) is 5.93. The molecule has 0 saturated carbocycles. The van der Waals surface area contributed by atoms with Crippen LogP contribution in [-0.2, 0) is 32.5 Å². The molecule has 1 amide bonds. The van der Waals surface area contributed by atoms with Gasteiger partial charge in [-0.1, -0.05) is 0 Å². The van der Waals surface area contributed by atoms with Gasteiger partial charge in [0.05, 0.1) is 11.8 Å². The Morgan fingerprint density at radius 1 is 1.19 bits per heavy atom. The van der Waals surface area contributed by atoms with Crippen LogP contribution in [0.4, 0.5) is 0 Å². The first-order valence-corrected chi connectivity index (χ1v) is 10.8. The summed E-state index contributed by atoms with van der Waals surface area (Å²) in [5.41, 5.74) is 0. The van der Waals surface area contributed by atoms with Gasteiger partial charge in [-0.05, 0) is 26.2 Å². The summed E-state index contributed by atoms with van der Waals surface area (Å²) in [5.74, 6) is 1.61. The number of methoxy groups -OCH3 is 1. The van der Waals surface area contributed by atoms with Gasteiger partial charge in [0.2, 0.25) is 15.9 Å². The minimum Gasteiger partial charge on any atom is -0.375 e. The molecule has 0 aliphatic carbocycles. The maximum atomic E-state index is 12.4. The fourth-order valence-electron chi connectivity index (χ4n) is 3.74.